The Labute approximate surface area is 161 Å². The normalized spacial score (nSPS) is 19.4. The molecule has 0 spiro atoms. The monoisotopic (exact) mass is 392 g/mol. The standard InChI is InChI=1S/C19H21ClN2O5/c1-26-15-8-14(9-19(24)25)22(11-15)18(23)7-6-17-21-10-16(27-17)12-2-4-13(20)5-3-12/h2-5,10,14-15H,6-9,11H2,1H3,(H,24,25). The van der Waals surface area contributed by atoms with Crippen LogP contribution in [0.4, 0.5) is 0 Å². The fourth-order valence-corrected chi connectivity index (χ4v) is 3.40. The van der Waals surface area contributed by atoms with Crippen LogP contribution in [0.2, 0.25) is 5.02 Å². The molecule has 2 aromatic rings. The Morgan fingerprint density at radius 3 is 2.78 bits per heavy atom. The second kappa shape index (κ2) is 8.54. The summed E-state index contributed by atoms with van der Waals surface area (Å²) in [6.07, 6.45) is 2.50. The number of likely N-dealkylation sites (tertiary alicyclic amines) is 1. The molecule has 3 rings (SSSR count). The van der Waals surface area contributed by atoms with Crippen LogP contribution in [0.5, 0.6) is 0 Å². The first-order valence-electron chi connectivity index (χ1n) is 8.71. The quantitative estimate of drug-likeness (QED) is 0.778. The lowest BCUT2D eigenvalue weighted by Crippen LogP contribution is -2.37. The van der Waals surface area contributed by atoms with Gasteiger partial charge in [-0.2, -0.15) is 0 Å². The lowest BCUT2D eigenvalue weighted by Gasteiger charge is -2.23. The molecule has 8 heteroatoms. The number of aryl methyl sites for hydroxylation is 1. The maximum absolute atomic E-state index is 12.6. The number of rotatable bonds is 7. The molecule has 0 saturated carbocycles. The summed E-state index contributed by atoms with van der Waals surface area (Å²) in [5.41, 5.74) is 0.855. The number of amides is 1. The zero-order chi connectivity index (χ0) is 19.4. The number of hydrogen-bond acceptors (Lipinski definition) is 5. The summed E-state index contributed by atoms with van der Waals surface area (Å²) < 4.78 is 11.0. The highest BCUT2D eigenvalue weighted by Crippen LogP contribution is 2.25. The maximum Gasteiger partial charge on any atom is 0.305 e. The predicted molar refractivity (Wildman–Crippen MR) is 98.4 cm³/mol. The molecule has 2 unspecified atom stereocenters. The molecule has 7 nitrogen and oxygen atoms in total. The summed E-state index contributed by atoms with van der Waals surface area (Å²) in [4.78, 5) is 29.4. The number of carbonyl (C=O) groups is 2. The van der Waals surface area contributed by atoms with Gasteiger partial charge in [0, 0.05) is 43.1 Å². The van der Waals surface area contributed by atoms with Crippen LogP contribution in [0.25, 0.3) is 11.3 Å². The van der Waals surface area contributed by atoms with Crippen molar-refractivity contribution in [2.24, 2.45) is 0 Å². The third-order valence-electron chi connectivity index (χ3n) is 4.68. The van der Waals surface area contributed by atoms with Gasteiger partial charge in [0.05, 0.1) is 18.7 Å². The molecule has 2 atom stereocenters. The van der Waals surface area contributed by atoms with Gasteiger partial charge >= 0.3 is 5.97 Å². The Balaban J connectivity index is 1.60. The Morgan fingerprint density at radius 2 is 2.11 bits per heavy atom. The van der Waals surface area contributed by atoms with Crippen molar-refractivity contribution in [1.82, 2.24) is 9.88 Å². The van der Waals surface area contributed by atoms with Gasteiger partial charge < -0.3 is 19.2 Å². The molecular weight excluding hydrogens is 372 g/mol. The third-order valence-corrected chi connectivity index (χ3v) is 4.93. The van der Waals surface area contributed by atoms with Crippen LogP contribution in [0.3, 0.4) is 0 Å². The zero-order valence-corrected chi connectivity index (χ0v) is 15.7. The molecule has 1 fully saturated rings. The van der Waals surface area contributed by atoms with E-state index in [9.17, 15) is 9.59 Å². The topological polar surface area (TPSA) is 92.9 Å². The molecule has 1 aromatic carbocycles. The van der Waals surface area contributed by atoms with Crippen molar-refractivity contribution in [2.75, 3.05) is 13.7 Å². The third kappa shape index (κ3) is 4.87. The van der Waals surface area contributed by atoms with Gasteiger partial charge in [-0.25, -0.2) is 4.98 Å². The van der Waals surface area contributed by atoms with Crippen LogP contribution in [0.15, 0.2) is 34.9 Å². The molecule has 1 amide bonds. The van der Waals surface area contributed by atoms with Gasteiger partial charge in [-0.15, -0.1) is 0 Å². The number of methoxy groups -OCH3 is 1. The first-order valence-corrected chi connectivity index (χ1v) is 9.08. The molecule has 1 aliphatic rings. The number of hydrogen-bond donors (Lipinski definition) is 1. The molecule has 1 aliphatic heterocycles. The molecule has 1 N–H and O–H groups in total. The highest BCUT2D eigenvalue weighted by Gasteiger charge is 2.36. The van der Waals surface area contributed by atoms with Crippen LogP contribution < -0.4 is 0 Å². The summed E-state index contributed by atoms with van der Waals surface area (Å²) in [5, 5.41) is 9.70. The van der Waals surface area contributed by atoms with E-state index in [1.807, 2.05) is 12.1 Å². The number of carboxylic acids is 1. The van der Waals surface area contributed by atoms with E-state index in [1.165, 1.54) is 0 Å². The van der Waals surface area contributed by atoms with E-state index < -0.39 is 5.97 Å². The lowest BCUT2D eigenvalue weighted by molar-refractivity contribution is -0.139. The minimum Gasteiger partial charge on any atom is -0.481 e. The summed E-state index contributed by atoms with van der Waals surface area (Å²) in [6, 6.07) is 6.87. The molecule has 0 aliphatic carbocycles. The lowest BCUT2D eigenvalue weighted by atomic mass is 10.1. The van der Waals surface area contributed by atoms with Gasteiger partial charge in [0.25, 0.3) is 0 Å². The largest absolute Gasteiger partial charge is 0.481 e. The molecule has 1 saturated heterocycles. The van der Waals surface area contributed by atoms with Crippen molar-refractivity contribution >= 4 is 23.5 Å². The van der Waals surface area contributed by atoms with E-state index in [1.54, 1.807) is 30.3 Å². The van der Waals surface area contributed by atoms with Gasteiger partial charge in [0.15, 0.2) is 11.7 Å². The van der Waals surface area contributed by atoms with Gasteiger partial charge in [0.1, 0.15) is 0 Å². The van der Waals surface area contributed by atoms with Crippen LogP contribution in [0.1, 0.15) is 25.2 Å². The first-order chi connectivity index (χ1) is 13.0. The fourth-order valence-electron chi connectivity index (χ4n) is 3.28. The van der Waals surface area contributed by atoms with E-state index in [-0.39, 0.29) is 30.9 Å². The SMILES string of the molecule is COC1CC(CC(=O)O)N(C(=O)CCc2ncc(-c3ccc(Cl)cc3)o2)C1. The zero-order valence-electron chi connectivity index (χ0n) is 14.9. The van der Waals surface area contributed by atoms with Gasteiger partial charge in [-0.3, -0.25) is 9.59 Å². The number of benzene rings is 1. The smallest absolute Gasteiger partial charge is 0.305 e. The van der Waals surface area contributed by atoms with Crippen molar-refractivity contribution < 1.29 is 23.8 Å². The Hall–Kier alpha value is -2.38. The van der Waals surface area contributed by atoms with E-state index >= 15 is 0 Å². The van der Waals surface area contributed by atoms with Crippen LogP contribution in [-0.2, 0) is 20.7 Å². The van der Waals surface area contributed by atoms with Crippen LogP contribution in [0, 0.1) is 0 Å². The summed E-state index contributed by atoms with van der Waals surface area (Å²) >= 11 is 5.88. The van der Waals surface area contributed by atoms with Crippen molar-refractivity contribution in [3.8, 4) is 11.3 Å². The summed E-state index contributed by atoms with van der Waals surface area (Å²) in [7, 11) is 1.57. The van der Waals surface area contributed by atoms with Crippen molar-refractivity contribution in [2.45, 2.75) is 37.8 Å². The number of nitrogens with zero attached hydrogens (tertiary/aromatic N) is 2. The van der Waals surface area contributed by atoms with Crippen molar-refractivity contribution in [3.05, 3.63) is 41.4 Å². The summed E-state index contributed by atoms with van der Waals surface area (Å²) in [6.45, 7) is 0.412. The molecule has 0 radical (unpaired) electrons. The van der Waals surface area contributed by atoms with Crippen molar-refractivity contribution in [1.29, 1.82) is 0 Å². The number of carboxylic acid groups (broad SMARTS) is 1. The Kier molecular flexibility index (Phi) is 6.13. The van der Waals surface area contributed by atoms with E-state index in [4.69, 9.17) is 25.9 Å². The summed E-state index contributed by atoms with van der Waals surface area (Å²) in [5.74, 6) is 0.0333. The molecule has 2 heterocycles. The number of oxazole rings is 1. The number of aliphatic carboxylic acids is 1. The molecule has 0 bridgehead atoms. The number of aromatic nitrogens is 1. The Morgan fingerprint density at radius 1 is 1.37 bits per heavy atom. The van der Waals surface area contributed by atoms with Crippen LogP contribution >= 0.6 is 11.6 Å². The van der Waals surface area contributed by atoms with Gasteiger partial charge in [-0.05, 0) is 30.7 Å². The maximum atomic E-state index is 12.6. The second-order valence-electron chi connectivity index (χ2n) is 6.52. The van der Waals surface area contributed by atoms with E-state index in [2.05, 4.69) is 4.98 Å². The average molecular weight is 393 g/mol. The second-order valence-corrected chi connectivity index (χ2v) is 6.95. The van der Waals surface area contributed by atoms with Crippen molar-refractivity contribution in [3.63, 3.8) is 0 Å². The first kappa shape index (κ1) is 19.4. The number of halogens is 1. The minimum absolute atomic E-state index is 0.0781. The van der Waals surface area contributed by atoms with E-state index in [0.29, 0.717) is 36.1 Å². The highest BCUT2D eigenvalue weighted by atomic mass is 35.5. The molecule has 144 valence electrons. The molecular formula is C19H21ClN2O5. The van der Waals surface area contributed by atoms with Crippen LogP contribution in [-0.4, -0.2) is 52.7 Å². The minimum atomic E-state index is -0.921. The Bertz CT molecular complexity index is 805. The number of carbonyl (C=O) groups excluding carboxylic acids is 1. The van der Waals surface area contributed by atoms with Gasteiger partial charge in [0.2, 0.25) is 5.91 Å². The molecule has 1 aromatic heterocycles. The molecule has 27 heavy (non-hydrogen) atoms. The van der Waals surface area contributed by atoms with E-state index in [0.717, 1.165) is 5.56 Å². The van der Waals surface area contributed by atoms with Gasteiger partial charge in [-0.1, -0.05) is 11.6 Å². The average Bonchev–Trinajstić information content (AvgIpc) is 3.27. The number of ether oxygens (including phenoxy) is 1. The fraction of sp³-hybridized carbons (Fsp3) is 0.421. The predicted octanol–water partition coefficient (Wildman–Crippen LogP) is 3.02. The highest BCUT2D eigenvalue weighted by molar-refractivity contribution is 6.30.